The highest BCUT2D eigenvalue weighted by molar-refractivity contribution is 5.72. The third-order valence-electron chi connectivity index (χ3n) is 3.79. The molecule has 0 bridgehead atoms. The first-order chi connectivity index (χ1) is 9.02. The summed E-state index contributed by atoms with van der Waals surface area (Å²) in [6, 6.07) is 4.01. The Morgan fingerprint density at radius 2 is 2.00 bits per heavy atom. The minimum absolute atomic E-state index is 0.255. The van der Waals surface area contributed by atoms with Crippen LogP contribution in [0.1, 0.15) is 24.0 Å². The molecule has 1 aliphatic rings. The van der Waals surface area contributed by atoms with Crippen LogP contribution in [0.3, 0.4) is 0 Å². The number of hydrogen-bond donors (Lipinski definition) is 1. The zero-order valence-electron chi connectivity index (χ0n) is 11.8. The Morgan fingerprint density at radius 1 is 1.37 bits per heavy atom. The number of piperidine rings is 1. The smallest absolute Gasteiger partial charge is 0.308 e. The number of rotatable bonds is 3. The number of nitrogens with zero attached hydrogens (tertiary/aromatic N) is 1. The maximum absolute atomic E-state index is 11.2. The summed E-state index contributed by atoms with van der Waals surface area (Å²) >= 11 is 0. The van der Waals surface area contributed by atoms with Gasteiger partial charge in [0.1, 0.15) is 5.75 Å². The van der Waals surface area contributed by atoms with E-state index in [-0.39, 0.29) is 5.92 Å². The summed E-state index contributed by atoms with van der Waals surface area (Å²) in [5, 5.41) is 9.18. The molecule has 0 aromatic heterocycles. The highest BCUT2D eigenvalue weighted by atomic mass is 16.5. The molecule has 1 heterocycles. The van der Waals surface area contributed by atoms with Gasteiger partial charge in [0.2, 0.25) is 0 Å². The maximum atomic E-state index is 11.2. The fourth-order valence-electron chi connectivity index (χ4n) is 2.91. The zero-order valence-corrected chi connectivity index (χ0v) is 11.8. The summed E-state index contributed by atoms with van der Waals surface area (Å²) in [6.45, 7) is 5.63. The van der Waals surface area contributed by atoms with Crippen LogP contribution < -0.4 is 9.64 Å². The lowest BCUT2D eigenvalue weighted by atomic mass is 9.96. The normalized spacial score (nSPS) is 19.3. The van der Waals surface area contributed by atoms with Gasteiger partial charge < -0.3 is 14.7 Å². The molecule has 19 heavy (non-hydrogen) atoms. The highest BCUT2D eigenvalue weighted by Crippen LogP contribution is 2.32. The van der Waals surface area contributed by atoms with Gasteiger partial charge in [0.05, 0.1) is 13.0 Å². The van der Waals surface area contributed by atoms with Crippen LogP contribution in [-0.4, -0.2) is 31.3 Å². The molecular formula is C15H21NO3. The topological polar surface area (TPSA) is 49.8 Å². The molecule has 2 rings (SSSR count). The molecule has 1 saturated heterocycles. The Balaban J connectivity index is 2.28. The molecule has 1 N–H and O–H groups in total. The molecule has 1 aromatic rings. The number of hydrogen-bond acceptors (Lipinski definition) is 3. The summed E-state index contributed by atoms with van der Waals surface area (Å²) in [7, 11) is 1.66. The number of aryl methyl sites for hydroxylation is 2. The average Bonchev–Trinajstić information content (AvgIpc) is 2.38. The van der Waals surface area contributed by atoms with Crippen LogP contribution in [0, 0.1) is 19.8 Å². The summed E-state index contributed by atoms with van der Waals surface area (Å²) in [5.41, 5.74) is 3.44. The first kappa shape index (κ1) is 13.7. The van der Waals surface area contributed by atoms with Crippen LogP contribution in [0.2, 0.25) is 0 Å². The molecule has 0 spiro atoms. The molecule has 1 atom stereocenters. The van der Waals surface area contributed by atoms with Crippen molar-refractivity contribution < 1.29 is 14.6 Å². The zero-order chi connectivity index (χ0) is 14.0. The number of benzene rings is 1. The lowest BCUT2D eigenvalue weighted by Crippen LogP contribution is -2.39. The predicted octanol–water partition coefficient (Wildman–Crippen LogP) is 2.61. The van der Waals surface area contributed by atoms with Crippen molar-refractivity contribution in [1.29, 1.82) is 0 Å². The molecular weight excluding hydrogens is 242 g/mol. The van der Waals surface area contributed by atoms with Gasteiger partial charge in [-0.1, -0.05) is 0 Å². The van der Waals surface area contributed by atoms with Crippen LogP contribution in [0.15, 0.2) is 12.1 Å². The Hall–Kier alpha value is -1.71. The maximum Gasteiger partial charge on any atom is 0.308 e. The molecule has 1 fully saturated rings. The fourth-order valence-corrected chi connectivity index (χ4v) is 2.91. The van der Waals surface area contributed by atoms with E-state index in [0.29, 0.717) is 6.54 Å². The summed E-state index contributed by atoms with van der Waals surface area (Å²) < 4.78 is 5.26. The second-order valence-corrected chi connectivity index (χ2v) is 5.23. The third-order valence-corrected chi connectivity index (χ3v) is 3.79. The quantitative estimate of drug-likeness (QED) is 0.910. The van der Waals surface area contributed by atoms with Crippen molar-refractivity contribution in [3.63, 3.8) is 0 Å². The van der Waals surface area contributed by atoms with Crippen molar-refractivity contribution in [2.24, 2.45) is 5.92 Å². The van der Waals surface area contributed by atoms with E-state index >= 15 is 0 Å². The molecule has 104 valence electrons. The summed E-state index contributed by atoms with van der Waals surface area (Å²) in [4.78, 5) is 13.4. The monoisotopic (exact) mass is 263 g/mol. The van der Waals surface area contributed by atoms with Gasteiger partial charge in [0.25, 0.3) is 0 Å². The lowest BCUT2D eigenvalue weighted by Gasteiger charge is -2.34. The van der Waals surface area contributed by atoms with Gasteiger partial charge in [-0.3, -0.25) is 4.79 Å². The van der Waals surface area contributed by atoms with Crippen LogP contribution in [0.4, 0.5) is 5.69 Å². The number of carbonyl (C=O) groups is 1. The number of anilines is 1. The molecule has 0 aliphatic carbocycles. The van der Waals surface area contributed by atoms with Gasteiger partial charge in [-0.15, -0.1) is 0 Å². The molecule has 1 aromatic carbocycles. The van der Waals surface area contributed by atoms with Gasteiger partial charge in [-0.25, -0.2) is 0 Å². The van der Waals surface area contributed by atoms with Crippen LogP contribution in [0.5, 0.6) is 5.75 Å². The predicted molar refractivity (Wildman–Crippen MR) is 75.0 cm³/mol. The van der Waals surface area contributed by atoms with E-state index in [2.05, 4.69) is 18.7 Å². The van der Waals surface area contributed by atoms with Crippen molar-refractivity contribution in [3.8, 4) is 5.75 Å². The van der Waals surface area contributed by atoms with E-state index in [1.165, 1.54) is 0 Å². The molecule has 0 amide bonds. The van der Waals surface area contributed by atoms with Crippen molar-refractivity contribution in [2.45, 2.75) is 26.7 Å². The van der Waals surface area contributed by atoms with E-state index in [9.17, 15) is 9.90 Å². The number of methoxy groups -OCH3 is 1. The molecule has 4 nitrogen and oxygen atoms in total. The number of carboxylic acids is 1. The molecule has 4 heteroatoms. The number of carboxylic acid groups (broad SMARTS) is 1. The van der Waals surface area contributed by atoms with E-state index in [1.54, 1.807) is 7.11 Å². The van der Waals surface area contributed by atoms with Gasteiger partial charge in [-0.2, -0.15) is 0 Å². The van der Waals surface area contributed by atoms with E-state index in [1.807, 2.05) is 12.1 Å². The Kier molecular flexibility index (Phi) is 3.98. The third kappa shape index (κ3) is 2.83. The van der Waals surface area contributed by atoms with Gasteiger partial charge in [-0.05, 0) is 49.9 Å². The van der Waals surface area contributed by atoms with Gasteiger partial charge >= 0.3 is 5.97 Å². The first-order valence-electron chi connectivity index (χ1n) is 6.66. The van der Waals surface area contributed by atoms with E-state index < -0.39 is 5.97 Å². The van der Waals surface area contributed by atoms with Crippen LogP contribution >= 0.6 is 0 Å². The summed E-state index contributed by atoms with van der Waals surface area (Å²) in [6.07, 6.45) is 1.71. The fraction of sp³-hybridized carbons (Fsp3) is 0.533. The molecule has 1 unspecified atom stereocenters. The average molecular weight is 263 g/mol. The lowest BCUT2D eigenvalue weighted by molar-refractivity contribution is -0.141. The first-order valence-corrected chi connectivity index (χ1v) is 6.66. The van der Waals surface area contributed by atoms with Gasteiger partial charge in [0.15, 0.2) is 0 Å². The minimum atomic E-state index is -0.687. The molecule has 0 radical (unpaired) electrons. The second kappa shape index (κ2) is 5.51. The Morgan fingerprint density at radius 3 is 2.53 bits per heavy atom. The minimum Gasteiger partial charge on any atom is -0.497 e. The number of aliphatic carboxylic acids is 1. The standard InChI is InChI=1S/C15H21NO3/c1-10-7-13(19-3)8-11(2)14(10)16-6-4-5-12(9-16)15(17)18/h7-8,12H,4-6,9H2,1-3H3,(H,17,18). The van der Waals surface area contributed by atoms with Crippen LogP contribution in [0.25, 0.3) is 0 Å². The van der Waals surface area contributed by atoms with E-state index in [4.69, 9.17) is 4.74 Å². The van der Waals surface area contributed by atoms with Crippen molar-refractivity contribution in [2.75, 3.05) is 25.1 Å². The SMILES string of the molecule is COc1cc(C)c(N2CCCC(C(=O)O)C2)c(C)c1. The number of ether oxygens (including phenoxy) is 1. The van der Waals surface area contributed by atoms with E-state index in [0.717, 1.165) is 42.0 Å². The molecule has 1 aliphatic heterocycles. The highest BCUT2D eigenvalue weighted by Gasteiger charge is 2.27. The van der Waals surface area contributed by atoms with Crippen molar-refractivity contribution >= 4 is 11.7 Å². The van der Waals surface area contributed by atoms with Crippen molar-refractivity contribution in [1.82, 2.24) is 0 Å². The van der Waals surface area contributed by atoms with Crippen molar-refractivity contribution in [3.05, 3.63) is 23.3 Å². The van der Waals surface area contributed by atoms with Gasteiger partial charge in [0, 0.05) is 18.8 Å². The summed E-state index contributed by atoms with van der Waals surface area (Å²) in [5.74, 6) is -0.0892. The Bertz CT molecular complexity index is 461. The molecule has 0 saturated carbocycles. The second-order valence-electron chi connectivity index (χ2n) is 5.23. The van der Waals surface area contributed by atoms with Crippen LogP contribution in [-0.2, 0) is 4.79 Å². The Labute approximate surface area is 114 Å². The largest absolute Gasteiger partial charge is 0.497 e.